The highest BCUT2D eigenvalue weighted by Crippen LogP contribution is 2.39. The number of aromatic nitrogens is 1. The molecular formula is C21H25IN4O4. The van der Waals surface area contributed by atoms with E-state index in [9.17, 15) is 0 Å². The molecule has 0 aliphatic heterocycles. The van der Waals surface area contributed by atoms with Gasteiger partial charge in [-0.25, -0.2) is 4.98 Å². The van der Waals surface area contributed by atoms with Crippen LogP contribution in [0.5, 0.6) is 17.2 Å². The predicted octanol–water partition coefficient (Wildman–Crippen LogP) is 4.17. The second kappa shape index (κ2) is 11.3. The van der Waals surface area contributed by atoms with Crippen molar-refractivity contribution in [1.82, 2.24) is 10.3 Å². The van der Waals surface area contributed by atoms with Crippen LogP contribution in [-0.4, -0.2) is 39.3 Å². The minimum Gasteiger partial charge on any atom is -0.493 e. The van der Waals surface area contributed by atoms with E-state index in [1.54, 1.807) is 46.8 Å². The lowest BCUT2D eigenvalue weighted by Crippen LogP contribution is -2.30. The molecule has 0 aliphatic carbocycles. The highest BCUT2D eigenvalue weighted by atomic mass is 127. The Balaban J connectivity index is 0.00000320. The van der Waals surface area contributed by atoms with E-state index in [0.717, 1.165) is 16.9 Å². The number of rotatable bonds is 7. The van der Waals surface area contributed by atoms with E-state index in [-0.39, 0.29) is 24.0 Å². The maximum absolute atomic E-state index is 5.56. The molecule has 0 atom stereocenters. The number of ether oxygens (including phenoxy) is 3. The molecular weight excluding hydrogens is 499 g/mol. The summed E-state index contributed by atoms with van der Waals surface area (Å²) in [6, 6.07) is 13.4. The molecule has 8 nitrogen and oxygen atoms in total. The lowest BCUT2D eigenvalue weighted by molar-refractivity contribution is 0.324. The number of hydrogen-bond acceptors (Lipinski definition) is 6. The zero-order valence-corrected chi connectivity index (χ0v) is 19.6. The molecule has 3 rings (SSSR count). The Bertz CT molecular complexity index is 951. The van der Waals surface area contributed by atoms with Gasteiger partial charge in [-0.3, -0.25) is 4.99 Å². The first kappa shape index (κ1) is 23.3. The fraction of sp³-hybridized carbons (Fsp3) is 0.238. The lowest BCUT2D eigenvalue weighted by Gasteiger charge is -2.16. The van der Waals surface area contributed by atoms with Crippen molar-refractivity contribution in [3.05, 3.63) is 54.4 Å². The van der Waals surface area contributed by atoms with Crippen molar-refractivity contribution in [2.45, 2.75) is 6.54 Å². The molecule has 2 N–H and O–H groups in total. The fourth-order valence-corrected chi connectivity index (χ4v) is 2.74. The van der Waals surface area contributed by atoms with Gasteiger partial charge in [-0.05, 0) is 12.1 Å². The van der Waals surface area contributed by atoms with E-state index in [4.69, 9.17) is 18.6 Å². The SMILES string of the molecule is CN=C(NCc1coc(-c2ccccc2)n1)Nc1cc(OC)c(OC)c(OC)c1.I. The van der Waals surface area contributed by atoms with Gasteiger partial charge in [0.25, 0.3) is 0 Å². The first-order valence-corrected chi connectivity index (χ1v) is 8.96. The van der Waals surface area contributed by atoms with Crippen LogP contribution in [0.3, 0.4) is 0 Å². The highest BCUT2D eigenvalue weighted by Gasteiger charge is 2.14. The summed E-state index contributed by atoms with van der Waals surface area (Å²) in [5, 5.41) is 6.41. The second-order valence-corrected chi connectivity index (χ2v) is 5.97. The van der Waals surface area contributed by atoms with E-state index >= 15 is 0 Å². The first-order valence-electron chi connectivity index (χ1n) is 8.96. The molecule has 0 bridgehead atoms. The molecule has 3 aromatic rings. The van der Waals surface area contributed by atoms with Crippen LogP contribution >= 0.6 is 24.0 Å². The molecule has 0 saturated carbocycles. The number of nitrogens with one attached hydrogen (secondary N) is 2. The number of nitrogens with zero attached hydrogens (tertiary/aromatic N) is 2. The summed E-state index contributed by atoms with van der Waals surface area (Å²) in [6.07, 6.45) is 1.63. The minimum absolute atomic E-state index is 0. The third-order valence-electron chi connectivity index (χ3n) is 4.16. The van der Waals surface area contributed by atoms with Crippen LogP contribution in [-0.2, 0) is 6.54 Å². The number of anilines is 1. The number of halogens is 1. The Morgan fingerprint density at radius 3 is 2.27 bits per heavy atom. The smallest absolute Gasteiger partial charge is 0.226 e. The summed E-state index contributed by atoms with van der Waals surface area (Å²) in [7, 11) is 6.40. The molecule has 2 aromatic carbocycles. The molecule has 9 heteroatoms. The van der Waals surface area contributed by atoms with Crippen LogP contribution in [0.15, 0.2) is 58.1 Å². The van der Waals surface area contributed by atoms with Crippen molar-refractivity contribution in [3.63, 3.8) is 0 Å². The molecule has 0 fully saturated rings. The van der Waals surface area contributed by atoms with E-state index in [1.165, 1.54) is 0 Å². The van der Waals surface area contributed by atoms with Crippen LogP contribution in [0.4, 0.5) is 5.69 Å². The Labute approximate surface area is 192 Å². The highest BCUT2D eigenvalue weighted by molar-refractivity contribution is 14.0. The number of aliphatic imine (C=N–C) groups is 1. The number of methoxy groups -OCH3 is 3. The van der Waals surface area contributed by atoms with Gasteiger partial charge in [-0.1, -0.05) is 18.2 Å². The van der Waals surface area contributed by atoms with Crippen molar-refractivity contribution in [1.29, 1.82) is 0 Å². The maximum atomic E-state index is 5.56. The maximum Gasteiger partial charge on any atom is 0.226 e. The zero-order chi connectivity index (χ0) is 20.6. The van der Waals surface area contributed by atoms with Crippen LogP contribution < -0.4 is 24.8 Å². The van der Waals surface area contributed by atoms with Gasteiger partial charge >= 0.3 is 0 Å². The van der Waals surface area contributed by atoms with Gasteiger partial charge < -0.3 is 29.3 Å². The van der Waals surface area contributed by atoms with Crippen molar-refractivity contribution in [3.8, 4) is 28.7 Å². The van der Waals surface area contributed by atoms with Gasteiger partial charge in [0.15, 0.2) is 17.5 Å². The Morgan fingerprint density at radius 1 is 1.03 bits per heavy atom. The van der Waals surface area contributed by atoms with Crippen LogP contribution in [0.1, 0.15) is 5.69 Å². The minimum atomic E-state index is 0. The standard InChI is InChI=1S/C21H24N4O4.HI/c1-22-21(25-15-10-17(26-2)19(28-4)18(11-15)27-3)23-12-16-13-29-20(24-16)14-8-6-5-7-9-14;/h5-11,13H,12H2,1-4H3,(H2,22,23,25);1H. The Hall–Kier alpha value is -2.95. The Kier molecular flexibility index (Phi) is 8.78. The second-order valence-electron chi connectivity index (χ2n) is 5.97. The van der Waals surface area contributed by atoms with E-state index < -0.39 is 0 Å². The molecule has 0 saturated heterocycles. The van der Waals surface area contributed by atoms with Gasteiger partial charge in [0, 0.05) is 30.4 Å². The fourth-order valence-electron chi connectivity index (χ4n) is 2.74. The molecule has 0 unspecified atom stereocenters. The molecule has 160 valence electrons. The quantitative estimate of drug-likeness (QED) is 0.273. The number of hydrogen-bond donors (Lipinski definition) is 2. The molecule has 0 amide bonds. The molecule has 30 heavy (non-hydrogen) atoms. The Morgan fingerprint density at radius 2 is 1.70 bits per heavy atom. The van der Waals surface area contributed by atoms with Crippen LogP contribution in [0.2, 0.25) is 0 Å². The van der Waals surface area contributed by atoms with E-state index in [1.807, 2.05) is 30.3 Å². The molecule has 0 spiro atoms. The molecule has 1 heterocycles. The average Bonchev–Trinajstić information content (AvgIpc) is 3.25. The lowest BCUT2D eigenvalue weighted by atomic mass is 10.2. The topological polar surface area (TPSA) is 90.1 Å². The van der Waals surface area contributed by atoms with E-state index in [2.05, 4.69) is 20.6 Å². The third kappa shape index (κ3) is 5.56. The number of guanidine groups is 1. The summed E-state index contributed by atoms with van der Waals surface area (Å²) in [5.74, 6) is 2.76. The molecule has 0 radical (unpaired) electrons. The van der Waals surface area contributed by atoms with Gasteiger partial charge in [-0.2, -0.15) is 0 Å². The van der Waals surface area contributed by atoms with Gasteiger partial charge in [0.1, 0.15) is 6.26 Å². The van der Waals surface area contributed by atoms with Gasteiger partial charge in [-0.15, -0.1) is 24.0 Å². The van der Waals surface area contributed by atoms with Crippen LogP contribution in [0, 0.1) is 0 Å². The van der Waals surface area contributed by atoms with Crippen molar-refractivity contribution in [2.24, 2.45) is 4.99 Å². The van der Waals surface area contributed by atoms with Crippen molar-refractivity contribution >= 4 is 35.6 Å². The average molecular weight is 524 g/mol. The first-order chi connectivity index (χ1) is 14.2. The summed E-state index contributed by atoms with van der Waals surface area (Å²) in [5.41, 5.74) is 2.42. The van der Waals surface area contributed by atoms with Crippen molar-refractivity contribution < 1.29 is 18.6 Å². The summed E-state index contributed by atoms with van der Waals surface area (Å²) in [6.45, 7) is 0.445. The normalized spacial score (nSPS) is 10.7. The number of oxazole rings is 1. The zero-order valence-electron chi connectivity index (χ0n) is 17.3. The summed E-state index contributed by atoms with van der Waals surface area (Å²) < 4.78 is 21.7. The summed E-state index contributed by atoms with van der Waals surface area (Å²) >= 11 is 0. The van der Waals surface area contributed by atoms with Gasteiger partial charge in [0.05, 0.1) is 33.6 Å². The monoisotopic (exact) mass is 524 g/mol. The molecule has 1 aromatic heterocycles. The molecule has 0 aliphatic rings. The summed E-state index contributed by atoms with van der Waals surface area (Å²) in [4.78, 5) is 8.74. The van der Waals surface area contributed by atoms with Crippen molar-refractivity contribution in [2.75, 3.05) is 33.7 Å². The number of benzene rings is 2. The third-order valence-corrected chi connectivity index (χ3v) is 4.16. The van der Waals surface area contributed by atoms with Crippen LogP contribution in [0.25, 0.3) is 11.5 Å². The largest absolute Gasteiger partial charge is 0.493 e. The predicted molar refractivity (Wildman–Crippen MR) is 127 cm³/mol. The van der Waals surface area contributed by atoms with E-state index in [0.29, 0.717) is 35.6 Å². The van der Waals surface area contributed by atoms with Gasteiger partial charge in [0.2, 0.25) is 11.6 Å².